The fourth-order valence-corrected chi connectivity index (χ4v) is 7.20. The fourth-order valence-electron chi connectivity index (χ4n) is 6.65. The van der Waals surface area contributed by atoms with Gasteiger partial charge < -0.3 is 51.4 Å². The smallest absolute Gasteiger partial charge is 0.394 e. The molecule has 1 aromatic carbocycles. The van der Waals surface area contributed by atoms with Gasteiger partial charge in [0.1, 0.15) is 30.2 Å². The maximum atomic E-state index is 14.0. The zero-order valence-electron chi connectivity index (χ0n) is 32.8. The molecule has 1 saturated heterocycles. The number of nitrogens with one attached hydrogen (secondary N) is 4. The lowest BCUT2D eigenvalue weighted by molar-refractivity contribution is -0.139. The van der Waals surface area contributed by atoms with E-state index in [1.165, 1.54) is 23.6 Å². The molecule has 316 valence electrons. The number of rotatable bonds is 23. The van der Waals surface area contributed by atoms with E-state index >= 15 is 0 Å². The lowest BCUT2D eigenvalue weighted by Gasteiger charge is -2.28. The van der Waals surface area contributed by atoms with E-state index in [1.54, 1.807) is 6.33 Å². The van der Waals surface area contributed by atoms with E-state index in [2.05, 4.69) is 42.9 Å². The van der Waals surface area contributed by atoms with Crippen LogP contribution in [0.4, 0.5) is 0 Å². The zero-order chi connectivity index (χ0) is 42.3. The molecule has 0 radical (unpaired) electrons. The first-order chi connectivity index (χ1) is 26.9. The Hall–Kier alpha value is -4.68. The molecular formula is C37H57N8O11P. The molecule has 1 aliphatic rings. The normalized spacial score (nSPS) is 16.9. The minimum atomic E-state index is -5.10. The van der Waals surface area contributed by atoms with E-state index in [0.717, 1.165) is 32.6 Å². The number of aromatic nitrogens is 2. The molecule has 0 aliphatic carbocycles. The molecule has 1 fully saturated rings. The van der Waals surface area contributed by atoms with Crippen LogP contribution in [0.5, 0.6) is 0 Å². The summed E-state index contributed by atoms with van der Waals surface area (Å²) in [5.41, 5.74) is 7.14. The Morgan fingerprint density at radius 3 is 2.19 bits per heavy atom. The maximum Gasteiger partial charge on any atom is 0.469 e. The second-order valence-electron chi connectivity index (χ2n) is 14.6. The van der Waals surface area contributed by atoms with E-state index < -0.39 is 80.3 Å². The lowest BCUT2D eigenvalue weighted by Crippen LogP contribution is -2.61. The Morgan fingerprint density at radius 2 is 1.58 bits per heavy atom. The van der Waals surface area contributed by atoms with Gasteiger partial charge in [-0.15, -0.1) is 0 Å². The predicted molar refractivity (Wildman–Crippen MR) is 206 cm³/mol. The second kappa shape index (κ2) is 22.3. The molecule has 19 nitrogen and oxygen atoms in total. The third kappa shape index (κ3) is 15.3. The van der Waals surface area contributed by atoms with Crippen molar-refractivity contribution in [2.45, 2.75) is 122 Å². The van der Waals surface area contributed by atoms with Crippen LogP contribution in [0.1, 0.15) is 77.5 Å². The van der Waals surface area contributed by atoms with Crippen molar-refractivity contribution in [1.29, 1.82) is 0 Å². The van der Waals surface area contributed by atoms with Gasteiger partial charge in [0.15, 0.2) is 0 Å². The summed E-state index contributed by atoms with van der Waals surface area (Å²) in [6.45, 7) is 6.12. The molecule has 9 N–H and O–H groups in total. The number of aliphatic hydroxyl groups excluding tert-OH is 1. The SMILES string of the molecule is CC(=O)N1CCCC1C(=O)NC(CC(C)C)C(=O)NC(Cc1cncn1CCCCCc1ccccc1)C(=O)NC(CO)C(=O)NC(C(N)=O)C(C)OP(=O)(O)O. The third-order valence-corrected chi connectivity index (χ3v) is 10.2. The van der Waals surface area contributed by atoms with E-state index in [-0.39, 0.29) is 24.7 Å². The number of carbonyl (C=O) groups excluding carboxylic acids is 6. The van der Waals surface area contributed by atoms with Gasteiger partial charge in [-0.1, -0.05) is 50.6 Å². The van der Waals surface area contributed by atoms with Crippen molar-refractivity contribution in [2.75, 3.05) is 13.2 Å². The molecule has 2 heterocycles. The average molecular weight is 821 g/mol. The molecule has 57 heavy (non-hydrogen) atoms. The minimum absolute atomic E-state index is 0.0817. The number of imidazole rings is 1. The summed E-state index contributed by atoms with van der Waals surface area (Å²) in [5, 5.41) is 20.1. The summed E-state index contributed by atoms with van der Waals surface area (Å²) in [5.74, 6) is -4.84. The number of likely N-dealkylation sites (tertiary alicyclic amines) is 1. The van der Waals surface area contributed by atoms with Crippen molar-refractivity contribution in [3.05, 3.63) is 54.1 Å². The highest BCUT2D eigenvalue weighted by molar-refractivity contribution is 7.46. The zero-order valence-corrected chi connectivity index (χ0v) is 33.7. The summed E-state index contributed by atoms with van der Waals surface area (Å²) in [7, 11) is -5.10. The number of carbonyl (C=O) groups is 6. The largest absolute Gasteiger partial charge is 0.469 e. The summed E-state index contributed by atoms with van der Waals surface area (Å²) in [4.78, 5) is 103. The van der Waals surface area contributed by atoms with Crippen molar-refractivity contribution in [2.24, 2.45) is 11.7 Å². The van der Waals surface area contributed by atoms with Crippen molar-refractivity contribution < 1.29 is 52.7 Å². The number of benzene rings is 1. The quantitative estimate of drug-likeness (QED) is 0.0535. The molecule has 3 rings (SSSR count). The van der Waals surface area contributed by atoms with Gasteiger partial charge in [-0.3, -0.25) is 33.3 Å². The van der Waals surface area contributed by atoms with Crippen LogP contribution >= 0.6 is 7.82 Å². The van der Waals surface area contributed by atoms with Crippen LogP contribution in [-0.4, -0.2) is 114 Å². The number of phosphoric acid groups is 1. The number of unbranched alkanes of at least 4 members (excludes halogenated alkanes) is 2. The maximum absolute atomic E-state index is 14.0. The molecule has 1 aliphatic heterocycles. The van der Waals surface area contributed by atoms with Crippen LogP contribution in [-0.2, 0) is 57.2 Å². The minimum Gasteiger partial charge on any atom is -0.394 e. The van der Waals surface area contributed by atoms with Gasteiger partial charge in [0.05, 0.1) is 19.0 Å². The van der Waals surface area contributed by atoms with Crippen LogP contribution in [0.2, 0.25) is 0 Å². The van der Waals surface area contributed by atoms with Gasteiger partial charge in [0.2, 0.25) is 35.4 Å². The predicted octanol–water partition coefficient (Wildman–Crippen LogP) is -0.190. The van der Waals surface area contributed by atoms with E-state index in [1.807, 2.05) is 36.6 Å². The van der Waals surface area contributed by atoms with Crippen molar-refractivity contribution in [3.63, 3.8) is 0 Å². The number of hydrogen-bond donors (Lipinski definition) is 8. The Kier molecular flexibility index (Phi) is 18.3. The fraction of sp³-hybridized carbons (Fsp3) is 0.595. The van der Waals surface area contributed by atoms with E-state index in [9.17, 15) is 48.2 Å². The Morgan fingerprint density at radius 1 is 0.930 bits per heavy atom. The molecule has 6 unspecified atom stereocenters. The van der Waals surface area contributed by atoms with Crippen LogP contribution in [0, 0.1) is 5.92 Å². The molecule has 20 heteroatoms. The highest BCUT2D eigenvalue weighted by atomic mass is 31.2. The Labute approximate surface area is 332 Å². The van der Waals surface area contributed by atoms with Gasteiger partial charge in [0.25, 0.3) is 0 Å². The van der Waals surface area contributed by atoms with E-state index in [4.69, 9.17) is 5.73 Å². The summed E-state index contributed by atoms with van der Waals surface area (Å²) in [6, 6.07) is 3.35. The van der Waals surface area contributed by atoms with Crippen LogP contribution in [0.3, 0.4) is 0 Å². The number of amides is 6. The summed E-state index contributed by atoms with van der Waals surface area (Å²) >= 11 is 0. The number of aryl methyl sites for hydroxylation is 2. The molecule has 0 spiro atoms. The average Bonchev–Trinajstić information content (AvgIpc) is 3.81. The highest BCUT2D eigenvalue weighted by Gasteiger charge is 2.37. The monoisotopic (exact) mass is 820 g/mol. The number of phosphoric ester groups is 1. The standard InChI is InChI=1S/C37H57N8O11P/c1-23(2)18-28(41-37(52)31-15-11-17-45(31)25(4)47)34(49)40-29(19-27-20-39-22-44(27)16-10-6-9-14-26-12-7-5-8-13-26)35(50)42-30(21-46)36(51)43-32(33(38)48)24(3)56-57(53,54)55/h5,7-8,12-13,20,22-24,28-32,46H,6,9-11,14-19,21H2,1-4H3,(H2,38,48)(H,40,49)(H,41,52)(H,42,50)(H,43,51)(H2,53,54,55). The number of hydrogen-bond acceptors (Lipinski definition) is 10. The van der Waals surface area contributed by atoms with Gasteiger partial charge >= 0.3 is 7.82 Å². The van der Waals surface area contributed by atoms with Gasteiger partial charge in [0, 0.05) is 38.3 Å². The number of aliphatic hydroxyl groups is 1. The third-order valence-electron chi connectivity index (χ3n) is 9.54. The number of nitrogens with two attached hydrogens (primary N) is 1. The van der Waals surface area contributed by atoms with Crippen LogP contribution < -0.4 is 27.0 Å². The molecular weight excluding hydrogens is 763 g/mol. The summed E-state index contributed by atoms with van der Waals surface area (Å²) < 4.78 is 17.7. The molecule has 0 bridgehead atoms. The Bertz CT molecular complexity index is 1720. The first kappa shape index (κ1) is 46.7. The second-order valence-corrected chi connectivity index (χ2v) is 15.8. The Balaban J connectivity index is 1.82. The van der Waals surface area contributed by atoms with Crippen molar-refractivity contribution in [1.82, 2.24) is 35.7 Å². The topological polar surface area (TPSA) is 285 Å². The van der Waals surface area contributed by atoms with Gasteiger partial charge in [-0.05, 0) is 56.9 Å². The molecule has 6 amide bonds. The number of primary amides is 1. The highest BCUT2D eigenvalue weighted by Crippen LogP contribution is 2.38. The molecule has 6 atom stereocenters. The van der Waals surface area contributed by atoms with Crippen molar-refractivity contribution in [3.8, 4) is 0 Å². The molecule has 2 aromatic rings. The van der Waals surface area contributed by atoms with Gasteiger partial charge in [-0.25, -0.2) is 9.55 Å². The van der Waals surface area contributed by atoms with Crippen LogP contribution in [0.15, 0.2) is 42.9 Å². The van der Waals surface area contributed by atoms with Gasteiger partial charge in [-0.2, -0.15) is 0 Å². The number of nitrogens with zero attached hydrogens (tertiary/aromatic N) is 3. The van der Waals surface area contributed by atoms with E-state index in [0.29, 0.717) is 31.6 Å². The first-order valence-corrected chi connectivity index (χ1v) is 20.6. The summed E-state index contributed by atoms with van der Waals surface area (Å²) in [6.07, 6.45) is 6.21. The lowest BCUT2D eigenvalue weighted by atomic mass is 10.0. The van der Waals surface area contributed by atoms with Crippen LogP contribution in [0.25, 0.3) is 0 Å². The molecule has 0 saturated carbocycles. The molecule has 1 aromatic heterocycles. The first-order valence-electron chi connectivity index (χ1n) is 19.1. The van der Waals surface area contributed by atoms with Crippen molar-refractivity contribution >= 4 is 43.3 Å².